The average molecular weight is 729 g/mol. The molecule has 0 radical (unpaired) electrons. The van der Waals surface area contributed by atoms with Gasteiger partial charge in [-0.1, -0.05) is 77.3 Å². The predicted molar refractivity (Wildman–Crippen MR) is 199 cm³/mol. The molecular formula is C40H36Cl3N3O4. The first kappa shape index (κ1) is 35.3. The number of aryl methyl sites for hydroxylation is 1. The number of carbonyl (C=O) groups is 1. The van der Waals surface area contributed by atoms with Crippen molar-refractivity contribution in [3.05, 3.63) is 152 Å². The lowest BCUT2D eigenvalue weighted by Gasteiger charge is -2.34. The maximum Gasteiger partial charge on any atom is 0.246 e. The summed E-state index contributed by atoms with van der Waals surface area (Å²) in [7, 11) is 0. The monoisotopic (exact) mass is 727 g/mol. The predicted octanol–water partition coefficient (Wildman–Crippen LogP) is 9.66. The normalized spacial score (nSPS) is 13.4. The second-order valence-electron chi connectivity index (χ2n) is 12.0. The van der Waals surface area contributed by atoms with Gasteiger partial charge >= 0.3 is 0 Å². The van der Waals surface area contributed by atoms with Crippen LogP contribution in [0.25, 0.3) is 6.08 Å². The molecule has 50 heavy (non-hydrogen) atoms. The van der Waals surface area contributed by atoms with Gasteiger partial charge in [-0.05, 0) is 83.8 Å². The average Bonchev–Trinajstić information content (AvgIpc) is 3.13. The molecule has 0 bridgehead atoms. The first-order chi connectivity index (χ1) is 24.3. The Morgan fingerprint density at radius 2 is 1.48 bits per heavy atom. The van der Waals surface area contributed by atoms with E-state index in [4.69, 9.17) is 49.0 Å². The van der Waals surface area contributed by atoms with Crippen LogP contribution in [0, 0.1) is 6.92 Å². The number of benzene rings is 4. The van der Waals surface area contributed by atoms with E-state index in [0.29, 0.717) is 58.8 Å². The van der Waals surface area contributed by atoms with E-state index >= 15 is 0 Å². The Morgan fingerprint density at radius 1 is 0.780 bits per heavy atom. The lowest BCUT2D eigenvalue weighted by molar-refractivity contribution is -0.127. The van der Waals surface area contributed by atoms with E-state index < -0.39 is 0 Å². The Labute approximate surface area is 307 Å². The van der Waals surface area contributed by atoms with Crippen molar-refractivity contribution in [3.63, 3.8) is 0 Å². The van der Waals surface area contributed by atoms with Gasteiger partial charge in [0, 0.05) is 60.5 Å². The quantitative estimate of drug-likeness (QED) is 0.119. The molecule has 1 aliphatic rings. The van der Waals surface area contributed by atoms with Crippen molar-refractivity contribution < 1.29 is 19.0 Å². The molecule has 1 aliphatic heterocycles. The van der Waals surface area contributed by atoms with Crippen molar-refractivity contribution in [3.8, 4) is 23.1 Å². The van der Waals surface area contributed by atoms with Gasteiger partial charge in [0.2, 0.25) is 11.8 Å². The fraction of sp³-hybridized carbons (Fsp3) is 0.200. The van der Waals surface area contributed by atoms with Crippen LogP contribution in [0.5, 0.6) is 23.1 Å². The molecule has 256 valence electrons. The molecule has 0 spiro atoms. The second kappa shape index (κ2) is 16.9. The first-order valence-corrected chi connectivity index (χ1v) is 17.4. The number of rotatable bonds is 12. The van der Waals surface area contributed by atoms with Crippen molar-refractivity contribution in [2.24, 2.45) is 0 Å². The van der Waals surface area contributed by atoms with Gasteiger partial charge in [-0.25, -0.2) is 4.98 Å². The summed E-state index contributed by atoms with van der Waals surface area (Å²) in [6, 6.07) is 30.6. The molecule has 0 aliphatic carbocycles. The molecule has 0 saturated carbocycles. The first-order valence-electron chi connectivity index (χ1n) is 16.2. The fourth-order valence-corrected chi connectivity index (χ4v) is 6.10. The van der Waals surface area contributed by atoms with E-state index in [1.54, 1.807) is 36.5 Å². The summed E-state index contributed by atoms with van der Waals surface area (Å²) in [5, 5.41) is 1.76. The zero-order valence-electron chi connectivity index (χ0n) is 27.5. The summed E-state index contributed by atoms with van der Waals surface area (Å²) in [4.78, 5) is 21.6. The third-order valence-electron chi connectivity index (χ3n) is 8.27. The van der Waals surface area contributed by atoms with E-state index in [9.17, 15) is 4.79 Å². The zero-order chi connectivity index (χ0) is 34.9. The van der Waals surface area contributed by atoms with Crippen LogP contribution in [0.3, 0.4) is 0 Å². The Bertz CT molecular complexity index is 1900. The minimum Gasteiger partial charge on any atom is -0.489 e. The lowest BCUT2D eigenvalue weighted by atomic mass is 10.1. The number of hydrogen-bond acceptors (Lipinski definition) is 6. The lowest BCUT2D eigenvalue weighted by Crippen LogP contribution is -2.47. The Morgan fingerprint density at radius 3 is 2.18 bits per heavy atom. The summed E-state index contributed by atoms with van der Waals surface area (Å²) in [5.41, 5.74) is 4.85. The van der Waals surface area contributed by atoms with E-state index in [2.05, 4.69) is 34.1 Å². The van der Waals surface area contributed by atoms with Gasteiger partial charge in [-0.3, -0.25) is 9.69 Å². The molecule has 1 fully saturated rings. The number of halogens is 3. The third kappa shape index (κ3) is 9.79. The van der Waals surface area contributed by atoms with Crippen molar-refractivity contribution in [1.82, 2.24) is 14.8 Å². The molecule has 1 saturated heterocycles. The van der Waals surface area contributed by atoms with Crippen LogP contribution in [0.1, 0.15) is 27.8 Å². The minimum absolute atomic E-state index is 0.0233. The van der Waals surface area contributed by atoms with E-state index in [1.165, 1.54) is 5.56 Å². The van der Waals surface area contributed by atoms with E-state index in [1.807, 2.05) is 66.4 Å². The number of pyridine rings is 1. The smallest absolute Gasteiger partial charge is 0.246 e. The number of ether oxygens (including phenoxy) is 3. The molecule has 5 aromatic rings. The SMILES string of the molecule is Cc1cc(/C=C/C(=O)N2CCN(Cc3ccc(COc4ccc(Cl)cc4)cc3)CC2)cc(Cl)c1Oc1ccc(OCc2ccccc2Cl)cn1. The van der Waals surface area contributed by atoms with E-state index in [-0.39, 0.29) is 5.91 Å². The second-order valence-corrected chi connectivity index (χ2v) is 13.2. The van der Waals surface area contributed by atoms with Crippen LogP contribution in [0.4, 0.5) is 0 Å². The van der Waals surface area contributed by atoms with Gasteiger partial charge in [0.15, 0.2) is 5.75 Å². The number of piperazine rings is 1. The van der Waals surface area contributed by atoms with Gasteiger partial charge in [0.1, 0.15) is 24.7 Å². The largest absolute Gasteiger partial charge is 0.489 e. The summed E-state index contributed by atoms with van der Waals surface area (Å²) < 4.78 is 17.7. The van der Waals surface area contributed by atoms with Gasteiger partial charge in [-0.2, -0.15) is 0 Å². The molecular weight excluding hydrogens is 693 g/mol. The highest BCUT2D eigenvalue weighted by molar-refractivity contribution is 6.32. The maximum atomic E-state index is 13.0. The molecule has 2 heterocycles. The number of hydrogen-bond donors (Lipinski definition) is 0. The van der Waals surface area contributed by atoms with E-state index in [0.717, 1.165) is 47.6 Å². The standard InChI is InChI=1S/C40H36Cl3N3O4/c1-28-22-31(23-37(43)40(28)50-38-16-15-35(24-44-38)49-27-32-4-2-3-5-36(32)42)10-17-39(47)46-20-18-45(19-21-46)25-29-6-8-30(9-7-29)26-48-34-13-11-33(41)12-14-34/h2-17,22-24H,18-21,25-27H2,1H3/b17-10+. The van der Waals surface area contributed by atoms with Crippen molar-refractivity contribution in [1.29, 1.82) is 0 Å². The van der Waals surface area contributed by atoms with Crippen LogP contribution in [-0.4, -0.2) is 46.9 Å². The molecule has 6 rings (SSSR count). The van der Waals surface area contributed by atoms with Crippen LogP contribution < -0.4 is 14.2 Å². The van der Waals surface area contributed by atoms with Gasteiger partial charge in [-0.15, -0.1) is 0 Å². The maximum absolute atomic E-state index is 13.0. The van der Waals surface area contributed by atoms with Gasteiger partial charge in [0.25, 0.3) is 0 Å². The van der Waals surface area contributed by atoms with Crippen molar-refractivity contribution >= 4 is 46.8 Å². The number of nitrogens with zero attached hydrogens (tertiary/aromatic N) is 3. The molecule has 10 heteroatoms. The number of amides is 1. The minimum atomic E-state index is -0.0233. The zero-order valence-corrected chi connectivity index (χ0v) is 29.8. The molecule has 1 amide bonds. The molecule has 4 aromatic carbocycles. The summed E-state index contributed by atoms with van der Waals surface area (Å²) >= 11 is 18.8. The van der Waals surface area contributed by atoms with Crippen molar-refractivity contribution in [2.45, 2.75) is 26.7 Å². The van der Waals surface area contributed by atoms with Gasteiger partial charge in [0.05, 0.1) is 11.2 Å². The molecule has 7 nitrogen and oxygen atoms in total. The highest BCUT2D eigenvalue weighted by Crippen LogP contribution is 2.34. The molecule has 0 unspecified atom stereocenters. The topological polar surface area (TPSA) is 64.1 Å². The summed E-state index contributed by atoms with van der Waals surface area (Å²) in [5.74, 6) is 2.25. The Balaban J connectivity index is 0.949. The van der Waals surface area contributed by atoms with Gasteiger partial charge < -0.3 is 19.1 Å². The summed E-state index contributed by atoms with van der Waals surface area (Å²) in [6.45, 7) is 6.51. The molecule has 0 atom stereocenters. The fourth-order valence-electron chi connectivity index (χ4n) is 5.47. The van der Waals surface area contributed by atoms with Crippen LogP contribution >= 0.6 is 34.8 Å². The van der Waals surface area contributed by atoms with Crippen molar-refractivity contribution in [2.75, 3.05) is 26.2 Å². The van der Waals surface area contributed by atoms with Crippen LogP contribution in [0.15, 0.2) is 109 Å². The van der Waals surface area contributed by atoms with Crippen LogP contribution in [0.2, 0.25) is 15.1 Å². The number of carbonyl (C=O) groups excluding carboxylic acids is 1. The molecule has 1 aromatic heterocycles. The number of aromatic nitrogens is 1. The Kier molecular flexibility index (Phi) is 11.9. The highest BCUT2D eigenvalue weighted by atomic mass is 35.5. The third-order valence-corrected chi connectivity index (χ3v) is 9.17. The highest BCUT2D eigenvalue weighted by Gasteiger charge is 2.20. The van der Waals surface area contributed by atoms with Crippen LogP contribution in [-0.2, 0) is 24.6 Å². The Hall–Kier alpha value is -4.53. The molecule has 0 N–H and O–H groups in total. The summed E-state index contributed by atoms with van der Waals surface area (Å²) in [6.07, 6.45) is 4.99.